The highest BCUT2D eigenvalue weighted by Gasteiger charge is 2.38. The third kappa shape index (κ3) is 3.65. The number of pyridine rings is 1. The van der Waals surface area contributed by atoms with E-state index in [-0.39, 0.29) is 6.07 Å². The van der Waals surface area contributed by atoms with Crippen molar-refractivity contribution in [1.82, 2.24) is 4.98 Å². The number of primary sulfonamides is 1. The Kier molecular flexibility index (Phi) is 3.54. The van der Waals surface area contributed by atoms with E-state index in [9.17, 15) is 36.8 Å². The van der Waals surface area contributed by atoms with Crippen LogP contribution in [0.15, 0.2) is 11.0 Å². The maximum Gasteiger partial charge on any atom is 0.575 e. The van der Waals surface area contributed by atoms with Gasteiger partial charge in [0.15, 0.2) is 0 Å². The van der Waals surface area contributed by atoms with Crippen LogP contribution in [-0.4, -0.2) is 29.8 Å². The molecule has 1 rings (SSSR count). The largest absolute Gasteiger partial charge is 0.575 e. The van der Waals surface area contributed by atoms with E-state index < -0.39 is 43.7 Å². The molecule has 1 aromatic heterocycles. The molecule has 0 atom stereocenters. The minimum absolute atomic E-state index is 0.202. The zero-order chi connectivity index (χ0) is 15.0. The summed E-state index contributed by atoms with van der Waals surface area (Å²) in [6, 6.07) is 0.202. The first-order valence-electron chi connectivity index (χ1n) is 4.09. The molecule has 0 amide bonds. The third-order valence-corrected chi connectivity index (χ3v) is 2.54. The summed E-state index contributed by atoms with van der Waals surface area (Å²) in [6.07, 6.45) is -5.34. The first-order chi connectivity index (χ1) is 8.42. The first kappa shape index (κ1) is 14.9. The summed E-state index contributed by atoms with van der Waals surface area (Å²) in [4.78, 5) is 10.5. The Morgan fingerprint density at radius 2 is 2.00 bits per heavy atom. The van der Waals surface area contributed by atoms with Crippen LogP contribution < -0.4 is 9.88 Å². The summed E-state index contributed by atoms with van der Waals surface area (Å²) in [7, 11) is -4.71. The number of sulfonamides is 1. The van der Waals surface area contributed by atoms with Crippen molar-refractivity contribution in [3.8, 4) is 11.6 Å². The van der Waals surface area contributed by atoms with E-state index in [1.807, 2.05) is 0 Å². The Morgan fingerprint density at radius 3 is 2.37 bits per heavy atom. The van der Waals surface area contributed by atoms with Crippen LogP contribution in [0.4, 0.5) is 19.0 Å². The van der Waals surface area contributed by atoms with Crippen molar-refractivity contribution in [2.24, 2.45) is 5.14 Å². The predicted octanol–water partition coefficient (Wildman–Crippen LogP) is 0.241. The molecule has 0 aliphatic heterocycles. The van der Waals surface area contributed by atoms with Gasteiger partial charge in [-0.15, -0.1) is 13.2 Å². The summed E-state index contributed by atoms with van der Waals surface area (Å²) < 4.78 is 61.0. The Bertz CT molecular complexity index is 628. The van der Waals surface area contributed by atoms with Crippen LogP contribution in [0.2, 0.25) is 0 Å². The van der Waals surface area contributed by atoms with Crippen LogP contribution in [0.25, 0.3) is 0 Å². The molecule has 9 nitrogen and oxygen atoms in total. The Labute approximate surface area is 102 Å². The molecule has 1 aromatic rings. The second-order valence-electron chi connectivity index (χ2n) is 2.98. The standard InChI is InChI=1S/C6H4F3N3O6S/c7-6(8,9)18-5-4(13)2(19(10,16)17)1-3(11-5)12(14)15/h1,13H,(H2,10,16,17). The number of hydrogen-bond acceptors (Lipinski definition) is 7. The fourth-order valence-electron chi connectivity index (χ4n) is 0.971. The average Bonchev–Trinajstić information content (AvgIpc) is 2.16. The molecule has 19 heavy (non-hydrogen) atoms. The van der Waals surface area contributed by atoms with Gasteiger partial charge < -0.3 is 20.0 Å². The highest BCUT2D eigenvalue weighted by Crippen LogP contribution is 2.36. The zero-order valence-corrected chi connectivity index (χ0v) is 9.40. The number of nitrogens with zero attached hydrogens (tertiary/aromatic N) is 2. The SMILES string of the molecule is NS(=O)(=O)c1cc([N+](=O)[O-])nc(OC(F)(F)F)c1O. The number of alkyl halides is 3. The number of nitrogens with two attached hydrogens (primary N) is 1. The fraction of sp³-hybridized carbons (Fsp3) is 0.167. The lowest BCUT2D eigenvalue weighted by molar-refractivity contribution is -0.390. The smallest absolute Gasteiger partial charge is 0.500 e. The van der Waals surface area contributed by atoms with E-state index in [1.165, 1.54) is 0 Å². The molecule has 0 unspecified atom stereocenters. The molecule has 0 spiro atoms. The van der Waals surface area contributed by atoms with Crippen molar-refractivity contribution in [2.75, 3.05) is 0 Å². The molecule has 13 heteroatoms. The molecule has 0 radical (unpaired) electrons. The van der Waals surface area contributed by atoms with Gasteiger partial charge in [0.1, 0.15) is 4.90 Å². The second-order valence-corrected chi connectivity index (χ2v) is 4.51. The second kappa shape index (κ2) is 4.51. The normalized spacial score (nSPS) is 12.2. The van der Waals surface area contributed by atoms with Crippen molar-refractivity contribution < 1.29 is 36.4 Å². The highest BCUT2D eigenvalue weighted by atomic mass is 32.2. The lowest BCUT2D eigenvalue weighted by atomic mass is 10.4. The van der Waals surface area contributed by atoms with Crippen molar-refractivity contribution in [1.29, 1.82) is 0 Å². The Balaban J connectivity index is 3.55. The van der Waals surface area contributed by atoms with E-state index in [0.717, 1.165) is 0 Å². The van der Waals surface area contributed by atoms with Gasteiger partial charge in [0.2, 0.25) is 15.8 Å². The molecule has 106 valence electrons. The molecular weight excluding hydrogens is 299 g/mol. The zero-order valence-electron chi connectivity index (χ0n) is 8.58. The van der Waals surface area contributed by atoms with Crippen LogP contribution in [-0.2, 0) is 10.0 Å². The minimum atomic E-state index is -5.34. The molecular formula is C6H4F3N3O6S. The topological polar surface area (TPSA) is 146 Å². The molecule has 1 heterocycles. The van der Waals surface area contributed by atoms with Crippen LogP contribution in [0, 0.1) is 10.1 Å². The quantitative estimate of drug-likeness (QED) is 0.600. The van der Waals surface area contributed by atoms with Gasteiger partial charge in [-0.05, 0) is 4.92 Å². The molecule has 0 bridgehead atoms. The maximum atomic E-state index is 12.0. The molecule has 0 aliphatic rings. The van der Waals surface area contributed by atoms with E-state index in [2.05, 4.69) is 14.9 Å². The summed E-state index contributed by atoms with van der Waals surface area (Å²) in [6.45, 7) is 0. The molecule has 0 saturated carbocycles. The number of ether oxygens (including phenoxy) is 1. The van der Waals surface area contributed by atoms with Gasteiger partial charge in [-0.1, -0.05) is 0 Å². The van der Waals surface area contributed by atoms with Gasteiger partial charge in [-0.3, -0.25) is 0 Å². The third-order valence-electron chi connectivity index (χ3n) is 1.62. The van der Waals surface area contributed by atoms with Gasteiger partial charge in [0, 0.05) is 4.98 Å². The van der Waals surface area contributed by atoms with Gasteiger partial charge in [0.25, 0.3) is 0 Å². The van der Waals surface area contributed by atoms with Gasteiger partial charge >= 0.3 is 18.1 Å². The summed E-state index contributed by atoms with van der Waals surface area (Å²) in [5.74, 6) is -4.56. The number of rotatable bonds is 3. The van der Waals surface area contributed by atoms with E-state index in [0.29, 0.717) is 0 Å². The van der Waals surface area contributed by atoms with Crippen molar-refractivity contribution in [3.63, 3.8) is 0 Å². The summed E-state index contributed by atoms with van der Waals surface area (Å²) >= 11 is 0. The molecule has 3 N–H and O–H groups in total. The number of nitro groups is 1. The van der Waals surface area contributed by atoms with Gasteiger partial charge in [-0.25, -0.2) is 13.6 Å². The number of aromatic nitrogens is 1. The summed E-state index contributed by atoms with van der Waals surface area (Å²) in [5, 5.41) is 24.2. The lowest BCUT2D eigenvalue weighted by Gasteiger charge is -2.08. The van der Waals surface area contributed by atoms with E-state index >= 15 is 0 Å². The average molecular weight is 303 g/mol. The maximum absolute atomic E-state index is 12.0. The summed E-state index contributed by atoms with van der Waals surface area (Å²) in [5.41, 5.74) is 0. The molecule has 0 aromatic carbocycles. The highest BCUT2D eigenvalue weighted by molar-refractivity contribution is 7.89. The van der Waals surface area contributed by atoms with Crippen LogP contribution in [0.5, 0.6) is 11.6 Å². The lowest BCUT2D eigenvalue weighted by Crippen LogP contribution is -2.20. The van der Waals surface area contributed by atoms with Gasteiger partial charge in [0.05, 0.1) is 6.07 Å². The molecule has 0 fully saturated rings. The van der Waals surface area contributed by atoms with E-state index in [1.54, 1.807) is 0 Å². The monoisotopic (exact) mass is 303 g/mol. The fourth-order valence-corrected chi connectivity index (χ4v) is 1.60. The van der Waals surface area contributed by atoms with Crippen LogP contribution in [0.1, 0.15) is 0 Å². The van der Waals surface area contributed by atoms with Gasteiger partial charge in [-0.2, -0.15) is 0 Å². The molecule has 0 aliphatic carbocycles. The number of hydrogen-bond donors (Lipinski definition) is 2. The minimum Gasteiger partial charge on any atom is -0.500 e. The van der Waals surface area contributed by atoms with Crippen molar-refractivity contribution in [2.45, 2.75) is 11.3 Å². The Hall–Kier alpha value is -2.15. The Morgan fingerprint density at radius 1 is 1.47 bits per heavy atom. The molecule has 0 saturated heterocycles. The predicted molar refractivity (Wildman–Crippen MR) is 50.6 cm³/mol. The van der Waals surface area contributed by atoms with E-state index in [4.69, 9.17) is 0 Å². The first-order valence-corrected chi connectivity index (χ1v) is 5.63. The number of halogens is 3. The van der Waals surface area contributed by atoms with Crippen molar-refractivity contribution in [3.05, 3.63) is 16.2 Å². The van der Waals surface area contributed by atoms with Crippen molar-refractivity contribution >= 4 is 15.8 Å². The van der Waals surface area contributed by atoms with Crippen LogP contribution in [0.3, 0.4) is 0 Å². The van der Waals surface area contributed by atoms with Crippen LogP contribution >= 0.6 is 0 Å². The number of aromatic hydroxyl groups is 1.